The maximum Gasteiger partial charge on any atom is 0.332 e. The van der Waals surface area contributed by atoms with Crippen LogP contribution in [0.4, 0.5) is 0 Å². The summed E-state index contributed by atoms with van der Waals surface area (Å²) in [5.74, 6) is -3.00. The molecule has 9 heteroatoms. The summed E-state index contributed by atoms with van der Waals surface area (Å²) in [6.45, 7) is 7.09. The minimum Gasteiger partial charge on any atom is -0.463 e. The summed E-state index contributed by atoms with van der Waals surface area (Å²) in [5, 5.41) is 12.1. The summed E-state index contributed by atoms with van der Waals surface area (Å²) in [6.07, 6.45) is 5.64. The van der Waals surface area contributed by atoms with E-state index in [9.17, 15) is 24.3 Å². The van der Waals surface area contributed by atoms with E-state index < -0.39 is 36.4 Å². The number of nitrogens with one attached hydrogen (secondary N) is 1. The van der Waals surface area contributed by atoms with E-state index in [1.807, 2.05) is 48.5 Å². The first-order chi connectivity index (χ1) is 20.4. The Morgan fingerprint density at radius 3 is 2.19 bits per heavy atom. The van der Waals surface area contributed by atoms with Gasteiger partial charge in [0.25, 0.3) is 0 Å². The maximum absolute atomic E-state index is 13.3. The van der Waals surface area contributed by atoms with Crippen LogP contribution in [0.3, 0.4) is 0 Å². The van der Waals surface area contributed by atoms with Crippen LogP contribution in [0.25, 0.3) is 0 Å². The Morgan fingerprint density at radius 2 is 1.57 bits per heavy atom. The highest BCUT2D eigenvalue weighted by molar-refractivity contribution is 5.89. The van der Waals surface area contributed by atoms with Gasteiger partial charge in [0.15, 0.2) is 6.04 Å². The quantitative estimate of drug-likeness (QED) is 0.138. The molecule has 42 heavy (non-hydrogen) atoms. The second-order valence-corrected chi connectivity index (χ2v) is 9.82. The lowest BCUT2D eigenvalue weighted by molar-refractivity contribution is -0.155. The van der Waals surface area contributed by atoms with Crippen molar-refractivity contribution in [3.63, 3.8) is 0 Å². The number of hydrogen-bond donors (Lipinski definition) is 2. The Balaban J connectivity index is 2.09. The SMILES string of the molecule is C=CCCCCC(=O)OCC(NC(=O)C(CC=C)CC(=O)N(CCO)Cc1ccccc1)C(=O)OCc1ccccc1. The van der Waals surface area contributed by atoms with Crippen LogP contribution in [0.15, 0.2) is 86.0 Å². The molecule has 0 fully saturated rings. The molecule has 0 bridgehead atoms. The van der Waals surface area contributed by atoms with Crippen LogP contribution < -0.4 is 5.32 Å². The number of aliphatic hydroxyl groups excluding tert-OH is 1. The van der Waals surface area contributed by atoms with E-state index >= 15 is 0 Å². The molecule has 2 rings (SSSR count). The lowest BCUT2D eigenvalue weighted by Crippen LogP contribution is -2.48. The van der Waals surface area contributed by atoms with Crippen molar-refractivity contribution in [2.75, 3.05) is 19.8 Å². The molecule has 0 aliphatic rings. The van der Waals surface area contributed by atoms with Gasteiger partial charge in [0, 0.05) is 25.9 Å². The highest BCUT2D eigenvalue weighted by Gasteiger charge is 2.30. The molecule has 2 N–H and O–H groups in total. The Kier molecular flexibility index (Phi) is 16.0. The third-order valence-corrected chi connectivity index (χ3v) is 6.46. The molecule has 0 aromatic heterocycles. The van der Waals surface area contributed by atoms with Gasteiger partial charge >= 0.3 is 11.9 Å². The largest absolute Gasteiger partial charge is 0.463 e. The van der Waals surface area contributed by atoms with Crippen LogP contribution >= 0.6 is 0 Å². The second-order valence-electron chi connectivity index (χ2n) is 9.82. The van der Waals surface area contributed by atoms with Crippen molar-refractivity contribution in [2.45, 2.75) is 57.7 Å². The van der Waals surface area contributed by atoms with Crippen molar-refractivity contribution in [3.8, 4) is 0 Å². The van der Waals surface area contributed by atoms with E-state index in [0.29, 0.717) is 6.42 Å². The summed E-state index contributed by atoms with van der Waals surface area (Å²) in [5.41, 5.74) is 1.64. The number of amides is 2. The van der Waals surface area contributed by atoms with E-state index in [2.05, 4.69) is 18.5 Å². The molecule has 2 atom stereocenters. The summed E-state index contributed by atoms with van der Waals surface area (Å²) in [7, 11) is 0. The van der Waals surface area contributed by atoms with Crippen LogP contribution in [-0.2, 0) is 41.8 Å². The zero-order chi connectivity index (χ0) is 30.6. The van der Waals surface area contributed by atoms with Crippen LogP contribution in [0, 0.1) is 5.92 Å². The molecule has 0 radical (unpaired) electrons. The molecule has 0 saturated carbocycles. The first-order valence-electron chi connectivity index (χ1n) is 14.2. The van der Waals surface area contributed by atoms with Crippen LogP contribution in [0.5, 0.6) is 0 Å². The standard InChI is InChI=1S/C33H42N2O7/c1-3-5-6-13-19-31(38)41-25-29(33(40)42-24-27-17-11-8-12-18-27)34-32(39)28(14-4-2)22-30(37)35(20-21-36)23-26-15-9-7-10-16-26/h3-4,7-12,15-18,28-29,36H,1-2,5-6,13-14,19-25H2,(H,34,39). The minimum atomic E-state index is -1.27. The molecule has 0 heterocycles. The maximum atomic E-state index is 13.3. The van der Waals surface area contributed by atoms with Crippen LogP contribution in [0.2, 0.25) is 0 Å². The van der Waals surface area contributed by atoms with Gasteiger partial charge in [-0.05, 0) is 36.8 Å². The Labute approximate surface area is 248 Å². The van der Waals surface area contributed by atoms with Gasteiger partial charge in [-0.15, -0.1) is 13.2 Å². The number of carbonyl (C=O) groups is 4. The summed E-state index contributed by atoms with van der Waals surface area (Å²) < 4.78 is 10.7. The number of carbonyl (C=O) groups excluding carboxylic acids is 4. The van der Waals surface area contributed by atoms with Crippen molar-refractivity contribution in [1.82, 2.24) is 10.2 Å². The number of rotatable bonds is 20. The predicted molar refractivity (Wildman–Crippen MR) is 160 cm³/mol. The second kappa shape index (κ2) is 19.8. The Bertz CT molecular complexity index is 1140. The van der Waals surface area contributed by atoms with E-state index in [4.69, 9.17) is 9.47 Å². The Morgan fingerprint density at radius 1 is 0.905 bits per heavy atom. The molecule has 2 aromatic carbocycles. The molecule has 226 valence electrons. The molecule has 9 nitrogen and oxygen atoms in total. The van der Waals surface area contributed by atoms with Crippen molar-refractivity contribution < 1.29 is 33.8 Å². The van der Waals surface area contributed by atoms with Gasteiger partial charge in [-0.1, -0.05) is 72.8 Å². The van der Waals surface area contributed by atoms with Crippen molar-refractivity contribution in [1.29, 1.82) is 0 Å². The molecule has 0 aliphatic carbocycles. The van der Waals surface area contributed by atoms with Gasteiger partial charge in [-0.2, -0.15) is 0 Å². The molecule has 0 spiro atoms. The summed E-state index contributed by atoms with van der Waals surface area (Å²) in [6, 6.07) is 17.1. The third-order valence-electron chi connectivity index (χ3n) is 6.46. The van der Waals surface area contributed by atoms with E-state index in [-0.39, 0.29) is 51.5 Å². The average molecular weight is 579 g/mol. The normalized spacial score (nSPS) is 11.9. The number of benzene rings is 2. The van der Waals surface area contributed by atoms with Gasteiger partial charge < -0.3 is 24.8 Å². The monoisotopic (exact) mass is 578 g/mol. The summed E-state index contributed by atoms with van der Waals surface area (Å²) in [4.78, 5) is 53.3. The number of allylic oxidation sites excluding steroid dienone is 2. The molecule has 2 amide bonds. The number of esters is 2. The number of nitrogens with zero attached hydrogens (tertiary/aromatic N) is 1. The van der Waals surface area contributed by atoms with E-state index in [0.717, 1.165) is 24.0 Å². The number of aliphatic hydroxyl groups is 1. The van der Waals surface area contributed by atoms with E-state index in [1.54, 1.807) is 18.2 Å². The fraction of sp³-hybridized carbons (Fsp3) is 0.394. The van der Waals surface area contributed by atoms with Crippen molar-refractivity contribution in [2.24, 2.45) is 5.92 Å². The highest BCUT2D eigenvalue weighted by atomic mass is 16.6. The van der Waals surface area contributed by atoms with Crippen LogP contribution in [0.1, 0.15) is 49.7 Å². The first-order valence-corrected chi connectivity index (χ1v) is 14.2. The minimum absolute atomic E-state index is 0.0221. The topological polar surface area (TPSA) is 122 Å². The van der Waals surface area contributed by atoms with Gasteiger partial charge in [0.1, 0.15) is 13.2 Å². The number of ether oxygens (including phenoxy) is 2. The molecule has 0 aliphatic heterocycles. The van der Waals surface area contributed by atoms with Gasteiger partial charge in [-0.3, -0.25) is 14.4 Å². The van der Waals surface area contributed by atoms with Gasteiger partial charge in [0.05, 0.1) is 12.5 Å². The van der Waals surface area contributed by atoms with Gasteiger partial charge in [0.2, 0.25) is 11.8 Å². The zero-order valence-electron chi connectivity index (χ0n) is 24.1. The Hall–Kier alpha value is -4.24. The third kappa shape index (κ3) is 13.0. The fourth-order valence-electron chi connectivity index (χ4n) is 4.13. The summed E-state index contributed by atoms with van der Waals surface area (Å²) >= 11 is 0. The van der Waals surface area contributed by atoms with Crippen molar-refractivity contribution in [3.05, 3.63) is 97.1 Å². The molecular weight excluding hydrogens is 536 g/mol. The predicted octanol–water partition coefficient (Wildman–Crippen LogP) is 4.11. The molecular formula is C33H42N2O7. The first kappa shape index (κ1) is 34.0. The fourth-order valence-corrected chi connectivity index (χ4v) is 4.13. The van der Waals surface area contributed by atoms with Gasteiger partial charge in [-0.25, -0.2) is 4.79 Å². The lowest BCUT2D eigenvalue weighted by atomic mass is 9.98. The molecule has 2 unspecified atom stereocenters. The smallest absolute Gasteiger partial charge is 0.332 e. The zero-order valence-corrected chi connectivity index (χ0v) is 24.1. The van der Waals surface area contributed by atoms with E-state index in [1.165, 1.54) is 11.0 Å². The lowest BCUT2D eigenvalue weighted by Gasteiger charge is -2.25. The average Bonchev–Trinajstić information content (AvgIpc) is 3.00. The highest BCUT2D eigenvalue weighted by Crippen LogP contribution is 2.15. The van der Waals surface area contributed by atoms with Crippen LogP contribution in [-0.4, -0.2) is 59.6 Å². The molecule has 2 aromatic rings. The number of hydrogen-bond acceptors (Lipinski definition) is 7. The van der Waals surface area contributed by atoms with Crippen molar-refractivity contribution >= 4 is 23.8 Å². The number of unbranched alkanes of at least 4 members (excludes halogenated alkanes) is 2. The molecule has 0 saturated heterocycles.